The molecule has 1 N–H and O–H groups in total. The van der Waals surface area contributed by atoms with Crippen LogP contribution in [0.15, 0.2) is 42.7 Å². The number of alkyl halides is 3. The Morgan fingerprint density at radius 2 is 1.88 bits per heavy atom. The highest BCUT2D eigenvalue weighted by molar-refractivity contribution is 6.10. The van der Waals surface area contributed by atoms with Gasteiger partial charge in [-0.05, 0) is 86.9 Å². The van der Waals surface area contributed by atoms with E-state index in [2.05, 4.69) is 22.4 Å². The number of anilines is 1. The van der Waals surface area contributed by atoms with Crippen LogP contribution < -0.4 is 10.2 Å². The summed E-state index contributed by atoms with van der Waals surface area (Å²) in [4.78, 5) is 15.1. The zero-order chi connectivity index (χ0) is 28.5. The van der Waals surface area contributed by atoms with E-state index < -0.39 is 23.1 Å². The summed E-state index contributed by atoms with van der Waals surface area (Å²) >= 11 is 0. The van der Waals surface area contributed by atoms with Crippen LogP contribution >= 0.6 is 0 Å². The molecule has 0 radical (unpaired) electrons. The summed E-state index contributed by atoms with van der Waals surface area (Å²) in [6.45, 7) is 4.28. The van der Waals surface area contributed by atoms with Gasteiger partial charge in [0.2, 0.25) is 0 Å². The number of aromatic nitrogens is 3. The topological polar surface area (TPSA) is 72.3 Å². The molecule has 2 saturated carbocycles. The van der Waals surface area contributed by atoms with Gasteiger partial charge in [0.05, 0.1) is 23.1 Å². The molecule has 0 bridgehead atoms. The molecule has 0 atom stereocenters. The first-order valence-corrected chi connectivity index (χ1v) is 13.7. The average molecular weight is 554 g/mol. The van der Waals surface area contributed by atoms with E-state index in [1.54, 1.807) is 25.6 Å². The van der Waals surface area contributed by atoms with E-state index >= 15 is 0 Å². The highest BCUT2D eigenvalue weighted by Gasteiger charge is 2.57. The molecule has 0 spiro atoms. The van der Waals surface area contributed by atoms with Crippen LogP contribution in [0.1, 0.15) is 84.4 Å². The van der Waals surface area contributed by atoms with Gasteiger partial charge in [-0.15, -0.1) is 10.2 Å². The lowest BCUT2D eigenvalue weighted by Gasteiger charge is -2.53. The van der Waals surface area contributed by atoms with Crippen LogP contribution in [0.2, 0.25) is 0 Å². The molecule has 2 aromatic carbocycles. The van der Waals surface area contributed by atoms with Crippen molar-refractivity contribution in [2.75, 3.05) is 12.0 Å². The first-order chi connectivity index (χ1) is 18.9. The second-order valence-electron chi connectivity index (χ2n) is 12.2. The second-order valence-corrected chi connectivity index (χ2v) is 12.2. The molecule has 0 unspecified atom stereocenters. The number of ether oxygens (including phenoxy) is 1. The number of rotatable bonds is 7. The third kappa shape index (κ3) is 4.32. The summed E-state index contributed by atoms with van der Waals surface area (Å²) in [5.41, 5.74) is 0.465. The van der Waals surface area contributed by atoms with Crippen molar-refractivity contribution in [3.63, 3.8) is 0 Å². The smallest absolute Gasteiger partial charge is 0.378 e. The Labute approximate surface area is 231 Å². The van der Waals surface area contributed by atoms with Crippen LogP contribution in [0.5, 0.6) is 0 Å². The highest BCUT2D eigenvalue weighted by Crippen LogP contribution is 2.55. The number of hydrogen-bond donors (Lipinski definition) is 1. The zero-order valence-electron chi connectivity index (χ0n) is 23.2. The maximum absolute atomic E-state index is 14.2. The number of carbonyl (C=O) groups is 1. The molecule has 3 aliphatic rings. The number of methoxy groups -OCH3 is 1. The molecular weight excluding hydrogens is 519 g/mol. The van der Waals surface area contributed by atoms with Gasteiger partial charge in [0.25, 0.3) is 5.91 Å². The van der Waals surface area contributed by atoms with E-state index in [9.17, 15) is 18.0 Å². The Bertz CT molecular complexity index is 1470. The molecule has 2 heterocycles. The standard InChI is InChI=1S/C30H34F3N5O2/c1-27(9-6-10-27)34-14-19-11-22-23(24(12-19)30(31,32)33)15-38(25(22)39)21-8-5-7-20(13-21)29(16-28(2,17-29)40-4)26-36-35-18-37(26)3/h5,7-8,11-13,18,34H,6,9-10,14-17H2,1-4H3. The van der Waals surface area contributed by atoms with Crippen LogP contribution in [0.25, 0.3) is 0 Å². The van der Waals surface area contributed by atoms with Gasteiger partial charge in [-0.2, -0.15) is 13.2 Å². The van der Waals surface area contributed by atoms with Gasteiger partial charge in [0.15, 0.2) is 0 Å². The molecule has 0 saturated heterocycles. The highest BCUT2D eigenvalue weighted by atomic mass is 19.4. The fourth-order valence-corrected chi connectivity index (χ4v) is 6.78. The number of amides is 1. The van der Waals surface area contributed by atoms with E-state index in [1.807, 2.05) is 36.7 Å². The predicted octanol–water partition coefficient (Wildman–Crippen LogP) is 5.51. The quantitative estimate of drug-likeness (QED) is 0.418. The molecule has 3 aromatic rings. The van der Waals surface area contributed by atoms with E-state index in [4.69, 9.17) is 4.74 Å². The normalized spacial score (nSPS) is 25.5. The largest absolute Gasteiger partial charge is 0.416 e. The Hall–Kier alpha value is -3.24. The Balaban J connectivity index is 1.35. The number of fused-ring (bicyclic) bond motifs is 1. The summed E-state index contributed by atoms with van der Waals surface area (Å²) in [6, 6.07) is 10.3. The van der Waals surface area contributed by atoms with Crippen molar-refractivity contribution in [1.82, 2.24) is 20.1 Å². The number of aryl methyl sites for hydroxylation is 1. The molecule has 2 fully saturated rings. The molecular formula is C30H34F3N5O2. The SMILES string of the molecule is COC1(C)CC(c2cccc(N3Cc4c(cc(CNC5(C)CCC5)cc4C(F)(F)F)C3=O)c2)(c2nncn2C)C1. The van der Waals surface area contributed by atoms with E-state index in [-0.39, 0.29) is 35.4 Å². The Morgan fingerprint density at radius 3 is 2.48 bits per heavy atom. The fourth-order valence-electron chi connectivity index (χ4n) is 6.78. The van der Waals surface area contributed by atoms with Gasteiger partial charge in [-0.25, -0.2) is 0 Å². The number of benzene rings is 2. The minimum absolute atomic E-state index is 0.0279. The monoisotopic (exact) mass is 553 g/mol. The van der Waals surface area contributed by atoms with Crippen LogP contribution in [-0.2, 0) is 36.5 Å². The number of nitrogens with zero attached hydrogens (tertiary/aromatic N) is 4. The lowest BCUT2D eigenvalue weighted by Crippen LogP contribution is -2.55. The third-order valence-corrected chi connectivity index (χ3v) is 9.28. The lowest BCUT2D eigenvalue weighted by atomic mass is 9.56. The van der Waals surface area contributed by atoms with Gasteiger partial charge in [-0.1, -0.05) is 12.1 Å². The maximum Gasteiger partial charge on any atom is 0.416 e. The molecule has 6 rings (SSSR count). The molecule has 7 nitrogen and oxygen atoms in total. The number of carbonyl (C=O) groups excluding carboxylic acids is 1. The summed E-state index contributed by atoms with van der Waals surface area (Å²) in [5, 5.41) is 11.9. The van der Waals surface area contributed by atoms with Crippen molar-refractivity contribution in [1.29, 1.82) is 0 Å². The Kier molecular flexibility index (Phi) is 6.16. The first kappa shape index (κ1) is 27.0. The van der Waals surface area contributed by atoms with E-state index in [1.165, 1.54) is 11.0 Å². The van der Waals surface area contributed by atoms with Crippen LogP contribution in [0.4, 0.5) is 18.9 Å². The third-order valence-electron chi connectivity index (χ3n) is 9.28. The van der Waals surface area contributed by atoms with E-state index in [0.29, 0.717) is 24.1 Å². The minimum Gasteiger partial charge on any atom is -0.378 e. The molecule has 10 heteroatoms. The van der Waals surface area contributed by atoms with E-state index in [0.717, 1.165) is 30.7 Å². The minimum atomic E-state index is -4.57. The fraction of sp³-hybridized carbons (Fsp3) is 0.500. The van der Waals surface area contributed by atoms with Crippen molar-refractivity contribution in [2.45, 2.75) is 81.8 Å². The number of nitrogens with one attached hydrogen (secondary N) is 1. The number of hydrogen-bond acceptors (Lipinski definition) is 5. The van der Waals surface area contributed by atoms with Gasteiger partial charge in [0, 0.05) is 37.5 Å². The molecule has 1 aliphatic heterocycles. The number of halogens is 3. The molecule has 2 aliphatic carbocycles. The van der Waals surface area contributed by atoms with Crippen LogP contribution in [0, 0.1) is 0 Å². The van der Waals surface area contributed by atoms with Crippen LogP contribution in [0.3, 0.4) is 0 Å². The van der Waals surface area contributed by atoms with Gasteiger partial charge in [0.1, 0.15) is 12.2 Å². The van der Waals surface area contributed by atoms with Crippen molar-refractivity contribution in [3.8, 4) is 0 Å². The zero-order valence-corrected chi connectivity index (χ0v) is 23.2. The lowest BCUT2D eigenvalue weighted by molar-refractivity contribution is -0.138. The van der Waals surface area contributed by atoms with Gasteiger partial charge < -0.3 is 19.5 Å². The summed E-state index contributed by atoms with van der Waals surface area (Å²) in [6.07, 6.45) is 1.50. The van der Waals surface area contributed by atoms with Crippen molar-refractivity contribution in [3.05, 3.63) is 76.4 Å². The Morgan fingerprint density at radius 1 is 1.12 bits per heavy atom. The van der Waals surface area contributed by atoms with Crippen molar-refractivity contribution < 1.29 is 22.7 Å². The van der Waals surface area contributed by atoms with Gasteiger partial charge in [-0.3, -0.25) is 4.79 Å². The second kappa shape index (κ2) is 9.14. The summed E-state index contributed by atoms with van der Waals surface area (Å²) < 4.78 is 50.3. The van der Waals surface area contributed by atoms with Crippen LogP contribution in [-0.4, -0.2) is 38.9 Å². The maximum atomic E-state index is 14.2. The average Bonchev–Trinajstić information content (AvgIpc) is 3.46. The molecule has 40 heavy (non-hydrogen) atoms. The van der Waals surface area contributed by atoms with Crippen molar-refractivity contribution >= 4 is 11.6 Å². The molecule has 1 amide bonds. The predicted molar refractivity (Wildman–Crippen MR) is 144 cm³/mol. The summed E-state index contributed by atoms with van der Waals surface area (Å²) in [7, 11) is 3.58. The molecule has 1 aromatic heterocycles. The molecule has 212 valence electrons. The van der Waals surface area contributed by atoms with Crippen molar-refractivity contribution in [2.24, 2.45) is 7.05 Å². The van der Waals surface area contributed by atoms with Gasteiger partial charge >= 0.3 is 6.18 Å². The first-order valence-electron chi connectivity index (χ1n) is 13.7. The summed E-state index contributed by atoms with van der Waals surface area (Å²) in [5.74, 6) is 0.365.